The average molecular weight is 3240 g/mol. The van der Waals surface area contributed by atoms with Crippen molar-refractivity contribution in [1.29, 1.82) is 0 Å². The lowest BCUT2D eigenvalue weighted by Gasteiger charge is -2.10. The van der Waals surface area contributed by atoms with Crippen LogP contribution in [0.3, 0.4) is 0 Å². The zero-order chi connectivity index (χ0) is 83.6. The van der Waals surface area contributed by atoms with E-state index in [0.717, 1.165) is 179 Å². The van der Waals surface area contributed by atoms with Gasteiger partial charge in [-0.3, -0.25) is 0 Å². The lowest BCUT2D eigenvalue weighted by molar-refractivity contribution is 0.315. The predicted octanol–water partition coefficient (Wildman–Crippen LogP) is 41.5. The highest BCUT2D eigenvalue weighted by atomic mass is 79.9. The van der Waals surface area contributed by atoms with Gasteiger partial charge in [-0.15, -0.1) is 0 Å². The van der Waals surface area contributed by atoms with Gasteiger partial charge in [-0.2, -0.15) is 0 Å². The molecule has 0 radical (unpaired) electrons. The lowest BCUT2D eigenvalue weighted by Crippen LogP contribution is -1.99. The van der Waals surface area contributed by atoms with Gasteiger partial charge < -0.3 is 23.7 Å². The number of halogens is 28. The van der Waals surface area contributed by atoms with Crippen molar-refractivity contribution in [3.63, 3.8) is 0 Å². The largest absolute Gasteiger partial charge is 0.496 e. The maximum atomic E-state index is 5.79. The second-order valence-electron chi connectivity index (χ2n) is 21.1. The molecule has 600 valence electrons. The second-order valence-corrected chi connectivity index (χ2v) is 44.6. The minimum Gasteiger partial charge on any atom is -0.496 e. The molecule has 0 amide bonds. The molecule has 33 heteroatoms. The van der Waals surface area contributed by atoms with Crippen LogP contribution in [0.15, 0.2) is 309 Å². The maximum absolute atomic E-state index is 5.79. The summed E-state index contributed by atoms with van der Waals surface area (Å²) in [5.74, 6) is 4.15. The van der Waals surface area contributed by atoms with Crippen LogP contribution in [0.1, 0.15) is 19.3 Å². The van der Waals surface area contributed by atoms with E-state index in [9.17, 15) is 0 Å². The van der Waals surface area contributed by atoms with Crippen molar-refractivity contribution in [2.24, 2.45) is 0 Å². The van der Waals surface area contributed by atoms with Crippen molar-refractivity contribution in [2.75, 3.05) is 50.0 Å². The second kappa shape index (κ2) is 62.4. The van der Waals surface area contributed by atoms with Crippen molar-refractivity contribution in [2.45, 2.75) is 19.3 Å². The van der Waals surface area contributed by atoms with E-state index in [1.807, 2.05) is 158 Å². The van der Waals surface area contributed by atoms with Gasteiger partial charge in [0.15, 0.2) is 0 Å². The molecule has 0 atom stereocenters. The Kier molecular flexibility index (Phi) is 60.9. The van der Waals surface area contributed by atoms with Crippen LogP contribution >= 0.6 is 437 Å². The predicted molar refractivity (Wildman–Crippen MR) is 571 cm³/mol. The van der Waals surface area contributed by atoms with Gasteiger partial charge in [-0.1, -0.05) is 289 Å². The molecule has 12 aromatic carbocycles. The Labute approximate surface area is 884 Å². The number of benzene rings is 12. The molecule has 0 bridgehead atoms. The fraction of sp³-hybridized carbons (Fsp3) is 0.139. The summed E-state index contributed by atoms with van der Waals surface area (Å²) in [5, 5.41) is 8.76. The minimum absolute atomic E-state index is 0.598. The van der Waals surface area contributed by atoms with Crippen molar-refractivity contribution in [1.82, 2.24) is 0 Å². The van der Waals surface area contributed by atoms with E-state index in [1.165, 1.54) is 16.2 Å². The van der Waals surface area contributed by atoms with Gasteiger partial charge in [0, 0.05) is 102 Å². The third-order valence-corrected chi connectivity index (χ3v) is 29.8. The fourth-order valence-corrected chi connectivity index (χ4v) is 22.7. The van der Waals surface area contributed by atoms with Gasteiger partial charge >= 0.3 is 0 Å². The summed E-state index contributed by atoms with van der Waals surface area (Å²) >= 11 is 99.7. The summed E-state index contributed by atoms with van der Waals surface area (Å²) in [6, 6.07) is 67.3. The highest BCUT2D eigenvalue weighted by molar-refractivity contribution is 9.15. The quantitative estimate of drug-likeness (QED) is 0.0617. The summed E-state index contributed by atoms with van der Waals surface area (Å²) in [5.41, 5.74) is 0. The average Bonchev–Trinajstić information content (AvgIpc) is 0.812. The monoisotopic (exact) mass is 3210 g/mol. The Hall–Kier alpha value is 3.22. The molecule has 0 spiro atoms. The topological polar surface area (TPSA) is 46.2 Å². The highest BCUT2D eigenvalue weighted by Crippen LogP contribution is 2.40. The molecule has 0 saturated heterocycles. The summed E-state index contributed by atoms with van der Waals surface area (Å²) in [7, 11) is 3.31. The van der Waals surface area contributed by atoms with Crippen LogP contribution in [0.5, 0.6) is 28.7 Å². The van der Waals surface area contributed by atoms with Crippen LogP contribution in [-0.4, -0.2) is 50.0 Å². The Balaban J connectivity index is 0.000000325. The van der Waals surface area contributed by atoms with E-state index in [4.69, 9.17) is 46.9 Å². The molecule has 12 rings (SSSR count). The van der Waals surface area contributed by atoms with Crippen molar-refractivity contribution >= 4 is 459 Å². The molecule has 0 saturated carbocycles. The standard InChI is InChI=1S/C13H11Br3O.C11H8Br2O.C9H8Br4O.C9H9BrCl2O.C7H5Br3O.C6H2Br4.C6H3Br3.3C6H4Br2/c14-6-1-7-17-12-5-2-9-8-10(15)3-4-11(9)13(12)16;1-14-10-5-2-7-6-8(12)3-4-9(7)11(10)13;10-2-1-3-14-9-7(12)4-6(11)5-8(9)13;10-2-1-3-13-9-5-7(11)4-8(12)6-9;1-11-7-5(9)2-4(8)3-6(7)10;7-3-1-4(8)6(10)2-5(3)9;7-4-1-5(8)3-6(9)2-4;7-5-1-2-6(8)4-3-5;7-5-2-1-3-6(8)4-5;7-5-3-1-2-4-6(5)8/h2-5,8H,1,6-7H2;2-6H,1H3;4-5H,1-3H2;4-6H,1-3H2;2-3H,1H3;1-2H;1-3H;3*1-4H. The van der Waals surface area contributed by atoms with E-state index < -0.39 is 0 Å². The normalized spacial score (nSPS) is 10.0. The Morgan fingerprint density at radius 2 is 0.580 bits per heavy atom. The molecule has 12 aromatic rings. The van der Waals surface area contributed by atoms with Gasteiger partial charge in [0.1, 0.15) is 28.7 Å². The van der Waals surface area contributed by atoms with E-state index in [0.29, 0.717) is 23.3 Å². The number of hydrogen-bond acceptors (Lipinski definition) is 5. The smallest absolute Gasteiger partial charge is 0.147 e. The molecule has 0 unspecified atom stereocenters. The Bertz CT molecular complexity index is 4630. The maximum Gasteiger partial charge on any atom is 0.147 e. The number of ether oxygens (including phenoxy) is 5. The third kappa shape index (κ3) is 45.4. The van der Waals surface area contributed by atoms with Gasteiger partial charge in [-0.05, 0) is 396 Å². The molecular formula is C79H58Br26Cl2O5. The van der Waals surface area contributed by atoms with Crippen molar-refractivity contribution in [3.8, 4) is 28.7 Å². The number of alkyl halides is 3. The third-order valence-electron chi connectivity index (χ3n) is 12.8. The first-order valence-electron chi connectivity index (χ1n) is 31.4. The molecule has 0 aliphatic carbocycles. The van der Waals surface area contributed by atoms with Crippen molar-refractivity contribution in [3.05, 3.63) is 319 Å². The molecule has 0 N–H and O–H groups in total. The van der Waals surface area contributed by atoms with Crippen LogP contribution in [0, 0.1) is 0 Å². The first kappa shape index (κ1) is 109. The number of methoxy groups -OCH3 is 2. The van der Waals surface area contributed by atoms with Gasteiger partial charge in [0.05, 0.1) is 60.9 Å². The number of rotatable bonds is 14. The van der Waals surface area contributed by atoms with Crippen LogP contribution in [0.2, 0.25) is 10.0 Å². The van der Waals surface area contributed by atoms with Crippen LogP contribution < -0.4 is 23.7 Å². The first-order valence-corrected chi connectivity index (χ1v) is 53.8. The molecule has 112 heavy (non-hydrogen) atoms. The van der Waals surface area contributed by atoms with Crippen molar-refractivity contribution < 1.29 is 23.7 Å². The van der Waals surface area contributed by atoms with Crippen LogP contribution in [0.25, 0.3) is 21.5 Å². The fourth-order valence-electron chi connectivity index (χ4n) is 7.81. The highest BCUT2D eigenvalue weighted by Gasteiger charge is 2.11. The molecule has 0 aliphatic rings. The molecular weight excluding hydrogens is 3180 g/mol. The van der Waals surface area contributed by atoms with Gasteiger partial charge in [0.2, 0.25) is 0 Å². The molecule has 0 aromatic heterocycles. The summed E-state index contributed by atoms with van der Waals surface area (Å²) in [6.07, 6.45) is 2.96. The zero-order valence-corrected chi connectivity index (χ0v) is 100. The van der Waals surface area contributed by atoms with Crippen LogP contribution in [0.4, 0.5) is 0 Å². The molecule has 5 nitrogen and oxygen atoms in total. The summed E-state index contributed by atoms with van der Waals surface area (Å²) in [4.78, 5) is 0. The summed E-state index contributed by atoms with van der Waals surface area (Å²) < 4.78 is 51.1. The minimum atomic E-state index is 0.598. The lowest BCUT2D eigenvalue weighted by atomic mass is 10.1. The zero-order valence-electron chi connectivity index (χ0n) is 57.6. The van der Waals surface area contributed by atoms with E-state index in [-0.39, 0.29) is 0 Å². The van der Waals surface area contributed by atoms with E-state index in [1.54, 1.807) is 32.4 Å². The molecule has 0 aliphatic heterocycles. The number of fused-ring (bicyclic) bond motifs is 2. The SMILES string of the molecule is BrCCCOc1c(Br)cc(Br)cc1Br.BrCCCOc1ccc2cc(Br)ccc2c1Br.Brc1cc(Br)c(Br)cc1Br.Brc1cc(Br)cc(Br)c1.Brc1ccc(Br)cc1.Brc1cccc(Br)c1.Brc1ccccc1Br.COc1c(Br)cc(Br)cc1Br.COc1ccc2cc(Br)ccc2c1Br.Clc1cc(Cl)cc(OCCCBr)c1. The van der Waals surface area contributed by atoms with Gasteiger partial charge in [0.25, 0.3) is 0 Å². The van der Waals surface area contributed by atoms with E-state index >= 15 is 0 Å². The van der Waals surface area contributed by atoms with E-state index in [2.05, 4.69) is 445 Å². The van der Waals surface area contributed by atoms with Gasteiger partial charge in [-0.25, -0.2) is 0 Å². The number of hydrogen-bond donors (Lipinski definition) is 0. The molecule has 0 fully saturated rings. The molecule has 0 heterocycles. The van der Waals surface area contributed by atoms with Crippen LogP contribution in [-0.2, 0) is 0 Å². The first-order chi connectivity index (χ1) is 53.1. The Morgan fingerprint density at radius 1 is 0.250 bits per heavy atom. The summed E-state index contributed by atoms with van der Waals surface area (Å²) in [6.45, 7) is 2.11. The Morgan fingerprint density at radius 3 is 0.938 bits per heavy atom.